The molecule has 4 nitrogen and oxygen atoms in total. The van der Waals surface area contributed by atoms with Crippen molar-refractivity contribution in [2.75, 3.05) is 31.2 Å². The van der Waals surface area contributed by atoms with Crippen molar-refractivity contribution in [1.29, 1.82) is 0 Å². The molecule has 0 saturated carbocycles. The zero-order valence-electron chi connectivity index (χ0n) is 8.70. The van der Waals surface area contributed by atoms with Gasteiger partial charge in [-0.1, -0.05) is 0 Å². The van der Waals surface area contributed by atoms with E-state index in [4.69, 9.17) is 5.73 Å². The van der Waals surface area contributed by atoms with Crippen LogP contribution in [0.5, 0.6) is 0 Å². The highest BCUT2D eigenvalue weighted by Crippen LogP contribution is 2.22. The van der Waals surface area contributed by atoms with E-state index in [0.29, 0.717) is 11.7 Å². The fraction of sp³-hybridized carbons (Fsp3) is 0.500. The molecule has 0 aliphatic carbocycles. The summed E-state index contributed by atoms with van der Waals surface area (Å²) in [5.74, 6) is -0.605. The van der Waals surface area contributed by atoms with Crippen molar-refractivity contribution < 1.29 is 4.39 Å². The second-order valence-corrected chi connectivity index (χ2v) is 3.96. The largest absolute Gasteiger partial charge is 0.393 e. The van der Waals surface area contributed by atoms with Gasteiger partial charge < -0.3 is 16.0 Å². The Bertz CT molecular complexity index is 355. The van der Waals surface area contributed by atoms with Gasteiger partial charge in [0.05, 0.1) is 5.69 Å². The molecule has 5 heteroatoms. The molecule has 1 aliphatic heterocycles. The minimum atomic E-state index is -0.605. The summed E-state index contributed by atoms with van der Waals surface area (Å²) in [5.41, 5.74) is 6.33. The van der Waals surface area contributed by atoms with Gasteiger partial charge in [0.25, 0.3) is 0 Å². The minimum absolute atomic E-state index is 0.104. The predicted molar refractivity (Wildman–Crippen MR) is 58.1 cm³/mol. The van der Waals surface area contributed by atoms with Gasteiger partial charge in [0.15, 0.2) is 0 Å². The van der Waals surface area contributed by atoms with Gasteiger partial charge >= 0.3 is 0 Å². The smallest absolute Gasteiger partial charge is 0.238 e. The Balaban J connectivity index is 2.07. The number of likely N-dealkylation sites (tertiary alicyclic amines) is 1. The number of anilines is 2. The molecule has 0 spiro atoms. The number of hydrogen-bond acceptors (Lipinski definition) is 4. The molecule has 15 heavy (non-hydrogen) atoms. The number of pyridine rings is 1. The van der Waals surface area contributed by atoms with Crippen molar-refractivity contribution in [2.24, 2.45) is 0 Å². The number of nitrogens with zero attached hydrogens (tertiary/aromatic N) is 2. The Kier molecular flexibility index (Phi) is 2.73. The Morgan fingerprint density at radius 1 is 1.67 bits per heavy atom. The molecule has 1 saturated heterocycles. The molecule has 3 N–H and O–H groups in total. The summed E-state index contributed by atoms with van der Waals surface area (Å²) in [6.45, 7) is 2.02. The second-order valence-electron chi connectivity index (χ2n) is 3.96. The number of likely N-dealkylation sites (N-methyl/N-ethyl adjacent to an activating group) is 1. The van der Waals surface area contributed by atoms with E-state index in [2.05, 4.69) is 22.2 Å². The maximum Gasteiger partial charge on any atom is 0.238 e. The van der Waals surface area contributed by atoms with Gasteiger partial charge in [0.1, 0.15) is 5.69 Å². The molecule has 1 aromatic heterocycles. The van der Waals surface area contributed by atoms with Gasteiger partial charge in [-0.05, 0) is 26.1 Å². The fourth-order valence-corrected chi connectivity index (χ4v) is 1.85. The van der Waals surface area contributed by atoms with Crippen molar-refractivity contribution in [1.82, 2.24) is 9.88 Å². The van der Waals surface area contributed by atoms with E-state index in [1.54, 1.807) is 6.07 Å². The Morgan fingerprint density at radius 3 is 3.13 bits per heavy atom. The normalized spacial score (nSPS) is 21.9. The molecule has 2 rings (SSSR count). The zero-order valence-corrected chi connectivity index (χ0v) is 8.70. The number of halogens is 1. The van der Waals surface area contributed by atoms with E-state index in [0.717, 1.165) is 19.5 Å². The zero-order chi connectivity index (χ0) is 10.8. The maximum atomic E-state index is 13.0. The van der Waals surface area contributed by atoms with E-state index in [-0.39, 0.29) is 5.69 Å². The molecule has 0 amide bonds. The summed E-state index contributed by atoms with van der Waals surface area (Å²) in [4.78, 5) is 5.71. The average Bonchev–Trinajstić information content (AvgIpc) is 2.59. The lowest BCUT2D eigenvalue weighted by molar-refractivity contribution is 0.414. The van der Waals surface area contributed by atoms with Crippen LogP contribution in [0.1, 0.15) is 6.42 Å². The summed E-state index contributed by atoms with van der Waals surface area (Å²) >= 11 is 0. The van der Waals surface area contributed by atoms with Crippen LogP contribution in [0.25, 0.3) is 0 Å². The van der Waals surface area contributed by atoms with Crippen molar-refractivity contribution in [2.45, 2.75) is 12.5 Å². The van der Waals surface area contributed by atoms with E-state index < -0.39 is 5.95 Å². The van der Waals surface area contributed by atoms with Crippen LogP contribution in [0.3, 0.4) is 0 Å². The Labute approximate surface area is 88.3 Å². The van der Waals surface area contributed by atoms with Crippen molar-refractivity contribution in [3.05, 3.63) is 18.2 Å². The SMILES string of the molecule is CN1CCC(Nc2ccnc(F)c2N)C1. The molecule has 0 bridgehead atoms. The van der Waals surface area contributed by atoms with Gasteiger partial charge in [0, 0.05) is 18.8 Å². The van der Waals surface area contributed by atoms with Crippen LogP contribution >= 0.6 is 0 Å². The number of rotatable bonds is 2. The van der Waals surface area contributed by atoms with Gasteiger partial charge in [-0.2, -0.15) is 4.39 Å². The fourth-order valence-electron chi connectivity index (χ4n) is 1.85. The van der Waals surface area contributed by atoms with Crippen LogP contribution in [0.4, 0.5) is 15.8 Å². The van der Waals surface area contributed by atoms with Crippen LogP contribution in [-0.4, -0.2) is 36.1 Å². The molecule has 1 fully saturated rings. The molecular weight excluding hydrogens is 195 g/mol. The third kappa shape index (κ3) is 2.18. The monoisotopic (exact) mass is 210 g/mol. The molecule has 1 unspecified atom stereocenters. The third-order valence-corrected chi connectivity index (χ3v) is 2.69. The van der Waals surface area contributed by atoms with Crippen molar-refractivity contribution >= 4 is 11.4 Å². The van der Waals surface area contributed by atoms with Crippen LogP contribution in [-0.2, 0) is 0 Å². The summed E-state index contributed by atoms with van der Waals surface area (Å²) < 4.78 is 13.0. The topological polar surface area (TPSA) is 54.2 Å². The lowest BCUT2D eigenvalue weighted by atomic mass is 10.2. The van der Waals surface area contributed by atoms with E-state index in [9.17, 15) is 4.39 Å². The highest BCUT2D eigenvalue weighted by molar-refractivity contribution is 5.65. The standard InChI is InChI=1S/C10H15FN4/c1-15-5-3-7(6-15)14-8-2-4-13-10(11)9(8)12/h2,4,7H,3,5-6,12H2,1H3,(H,13,14). The second kappa shape index (κ2) is 4.02. The van der Waals surface area contributed by atoms with E-state index in [1.807, 2.05) is 0 Å². The molecule has 2 heterocycles. The number of nitrogen functional groups attached to an aromatic ring is 1. The highest BCUT2D eigenvalue weighted by Gasteiger charge is 2.20. The average molecular weight is 210 g/mol. The molecule has 82 valence electrons. The number of nitrogens with one attached hydrogen (secondary N) is 1. The molecule has 1 atom stereocenters. The summed E-state index contributed by atoms with van der Waals surface area (Å²) in [5, 5.41) is 3.23. The molecular formula is C10H15FN4. The number of aromatic nitrogens is 1. The van der Waals surface area contributed by atoms with E-state index in [1.165, 1.54) is 6.20 Å². The third-order valence-electron chi connectivity index (χ3n) is 2.69. The first kappa shape index (κ1) is 10.2. The van der Waals surface area contributed by atoms with Crippen molar-refractivity contribution in [3.8, 4) is 0 Å². The Hall–Kier alpha value is -1.36. The van der Waals surface area contributed by atoms with Crippen LogP contribution in [0, 0.1) is 5.95 Å². The van der Waals surface area contributed by atoms with Crippen LogP contribution < -0.4 is 11.1 Å². The molecule has 1 aromatic rings. The first-order valence-corrected chi connectivity index (χ1v) is 5.02. The van der Waals surface area contributed by atoms with Crippen LogP contribution in [0.2, 0.25) is 0 Å². The van der Waals surface area contributed by atoms with Gasteiger partial charge in [-0.15, -0.1) is 0 Å². The first-order chi connectivity index (χ1) is 7.16. The minimum Gasteiger partial charge on any atom is -0.393 e. The van der Waals surface area contributed by atoms with Crippen LogP contribution in [0.15, 0.2) is 12.3 Å². The predicted octanol–water partition coefficient (Wildman–Crippen LogP) is 0.919. The van der Waals surface area contributed by atoms with Gasteiger partial charge in [-0.3, -0.25) is 0 Å². The summed E-state index contributed by atoms with van der Waals surface area (Å²) in [6.07, 6.45) is 2.48. The quantitative estimate of drug-likeness (QED) is 0.713. The first-order valence-electron chi connectivity index (χ1n) is 5.02. The van der Waals surface area contributed by atoms with Gasteiger partial charge in [-0.25, -0.2) is 4.98 Å². The number of hydrogen-bond donors (Lipinski definition) is 2. The maximum absolute atomic E-state index is 13.0. The molecule has 0 aromatic carbocycles. The molecule has 0 radical (unpaired) electrons. The number of nitrogens with two attached hydrogens (primary N) is 1. The Morgan fingerprint density at radius 2 is 2.47 bits per heavy atom. The lowest BCUT2D eigenvalue weighted by Crippen LogP contribution is -2.24. The van der Waals surface area contributed by atoms with E-state index >= 15 is 0 Å². The highest BCUT2D eigenvalue weighted by atomic mass is 19.1. The molecule has 1 aliphatic rings. The summed E-state index contributed by atoms with van der Waals surface area (Å²) in [6, 6.07) is 2.05. The lowest BCUT2D eigenvalue weighted by Gasteiger charge is -2.15. The summed E-state index contributed by atoms with van der Waals surface area (Å²) in [7, 11) is 2.07. The van der Waals surface area contributed by atoms with Crippen molar-refractivity contribution in [3.63, 3.8) is 0 Å². The van der Waals surface area contributed by atoms with Gasteiger partial charge in [0.2, 0.25) is 5.95 Å².